The highest BCUT2D eigenvalue weighted by Gasteiger charge is 2.23. The van der Waals surface area contributed by atoms with Crippen molar-refractivity contribution in [1.29, 1.82) is 0 Å². The molecule has 20 heavy (non-hydrogen) atoms. The second kappa shape index (κ2) is 5.82. The van der Waals surface area contributed by atoms with Gasteiger partial charge in [0.05, 0.1) is 25.0 Å². The molecule has 0 fully saturated rings. The number of amides is 1. The average Bonchev–Trinajstić information content (AvgIpc) is 2.91. The van der Waals surface area contributed by atoms with Crippen molar-refractivity contribution in [2.24, 2.45) is 0 Å². The van der Waals surface area contributed by atoms with Crippen LogP contribution in [0.15, 0.2) is 41.0 Å². The van der Waals surface area contributed by atoms with Gasteiger partial charge in [-0.3, -0.25) is 4.79 Å². The van der Waals surface area contributed by atoms with Gasteiger partial charge in [0.2, 0.25) is 0 Å². The van der Waals surface area contributed by atoms with Crippen LogP contribution in [-0.2, 0) is 0 Å². The second-order valence-electron chi connectivity index (χ2n) is 4.72. The van der Waals surface area contributed by atoms with E-state index in [4.69, 9.17) is 9.15 Å². The molecule has 4 nitrogen and oxygen atoms in total. The summed E-state index contributed by atoms with van der Waals surface area (Å²) in [4.78, 5) is 14.2. The van der Waals surface area contributed by atoms with Crippen molar-refractivity contribution < 1.29 is 13.9 Å². The minimum absolute atomic E-state index is 0.0605. The van der Waals surface area contributed by atoms with Crippen LogP contribution < -0.4 is 4.74 Å². The maximum absolute atomic E-state index is 12.5. The molecule has 1 amide bonds. The van der Waals surface area contributed by atoms with Gasteiger partial charge >= 0.3 is 0 Å². The van der Waals surface area contributed by atoms with Crippen LogP contribution in [0, 0.1) is 6.92 Å². The first-order valence-corrected chi connectivity index (χ1v) is 6.50. The summed E-state index contributed by atoms with van der Waals surface area (Å²) >= 11 is 0. The average molecular weight is 273 g/mol. The number of hydrogen-bond donors (Lipinski definition) is 0. The predicted molar refractivity (Wildman–Crippen MR) is 76.9 cm³/mol. The van der Waals surface area contributed by atoms with Gasteiger partial charge in [-0.05, 0) is 26.0 Å². The van der Waals surface area contributed by atoms with E-state index in [9.17, 15) is 4.79 Å². The molecule has 106 valence electrons. The summed E-state index contributed by atoms with van der Waals surface area (Å²) in [6, 6.07) is 9.33. The van der Waals surface area contributed by atoms with Gasteiger partial charge in [-0.15, -0.1) is 0 Å². The number of furan rings is 1. The van der Waals surface area contributed by atoms with Gasteiger partial charge in [-0.1, -0.05) is 18.2 Å². The van der Waals surface area contributed by atoms with Crippen LogP contribution in [0.4, 0.5) is 0 Å². The molecule has 0 aliphatic heterocycles. The van der Waals surface area contributed by atoms with E-state index in [1.165, 1.54) is 6.26 Å². The lowest BCUT2D eigenvalue weighted by molar-refractivity contribution is 0.0739. The number of methoxy groups -OCH3 is 1. The topological polar surface area (TPSA) is 42.7 Å². The van der Waals surface area contributed by atoms with Crippen LogP contribution in [0.1, 0.15) is 34.6 Å². The summed E-state index contributed by atoms with van der Waals surface area (Å²) in [6.45, 7) is 3.76. The minimum atomic E-state index is -0.0899. The molecule has 0 spiro atoms. The number of nitrogens with zero attached hydrogens (tertiary/aromatic N) is 1. The molecule has 0 radical (unpaired) electrons. The van der Waals surface area contributed by atoms with E-state index in [1.807, 2.05) is 31.2 Å². The van der Waals surface area contributed by atoms with Crippen LogP contribution >= 0.6 is 0 Å². The number of rotatable bonds is 4. The summed E-state index contributed by atoms with van der Waals surface area (Å²) < 4.78 is 10.5. The number of para-hydroxylation sites is 1. The second-order valence-corrected chi connectivity index (χ2v) is 4.72. The molecule has 1 atom stereocenters. The highest BCUT2D eigenvalue weighted by atomic mass is 16.5. The zero-order valence-electron chi connectivity index (χ0n) is 12.2. The Morgan fingerprint density at radius 3 is 2.60 bits per heavy atom. The summed E-state index contributed by atoms with van der Waals surface area (Å²) in [5.74, 6) is 1.35. The maximum atomic E-state index is 12.5. The molecule has 0 saturated carbocycles. The normalized spacial score (nSPS) is 12.0. The number of carbonyl (C=O) groups excluding carboxylic acids is 1. The molecule has 4 heteroatoms. The molecular weight excluding hydrogens is 254 g/mol. The van der Waals surface area contributed by atoms with Gasteiger partial charge in [0, 0.05) is 12.6 Å². The molecule has 0 saturated heterocycles. The van der Waals surface area contributed by atoms with Gasteiger partial charge in [0.15, 0.2) is 0 Å². The molecular formula is C16H19NO3. The lowest BCUT2D eigenvalue weighted by atomic mass is 10.1. The molecule has 1 aromatic heterocycles. The van der Waals surface area contributed by atoms with Crippen molar-refractivity contribution in [2.75, 3.05) is 14.2 Å². The third-order valence-electron chi connectivity index (χ3n) is 3.58. The fraction of sp³-hybridized carbons (Fsp3) is 0.312. The Morgan fingerprint density at radius 1 is 1.30 bits per heavy atom. The zero-order chi connectivity index (χ0) is 14.7. The van der Waals surface area contributed by atoms with Crippen LogP contribution in [0.2, 0.25) is 0 Å². The first-order chi connectivity index (χ1) is 9.56. The van der Waals surface area contributed by atoms with E-state index in [0.29, 0.717) is 11.3 Å². The quantitative estimate of drug-likeness (QED) is 0.857. The fourth-order valence-electron chi connectivity index (χ4n) is 2.19. The lowest BCUT2D eigenvalue weighted by Gasteiger charge is -2.26. The Kier molecular flexibility index (Phi) is 4.13. The molecule has 2 aromatic rings. The van der Waals surface area contributed by atoms with E-state index in [0.717, 1.165) is 11.3 Å². The van der Waals surface area contributed by atoms with Crippen LogP contribution in [0.25, 0.3) is 0 Å². The molecule has 0 bridgehead atoms. The minimum Gasteiger partial charge on any atom is -0.496 e. The molecule has 0 aliphatic rings. The van der Waals surface area contributed by atoms with Crippen molar-refractivity contribution in [2.45, 2.75) is 19.9 Å². The lowest BCUT2D eigenvalue weighted by Crippen LogP contribution is -2.30. The molecule has 0 N–H and O–H groups in total. The third-order valence-corrected chi connectivity index (χ3v) is 3.58. The molecule has 2 rings (SSSR count). The number of carbonyl (C=O) groups is 1. The van der Waals surface area contributed by atoms with Gasteiger partial charge in [0.25, 0.3) is 5.91 Å². The fourth-order valence-corrected chi connectivity index (χ4v) is 2.19. The zero-order valence-corrected chi connectivity index (χ0v) is 12.2. The van der Waals surface area contributed by atoms with Crippen LogP contribution in [0.5, 0.6) is 5.75 Å². The van der Waals surface area contributed by atoms with Crippen molar-refractivity contribution in [3.8, 4) is 5.75 Å². The number of aryl methyl sites for hydroxylation is 1. The van der Waals surface area contributed by atoms with Crippen LogP contribution in [-0.4, -0.2) is 25.0 Å². The summed E-state index contributed by atoms with van der Waals surface area (Å²) in [7, 11) is 3.42. The molecule has 0 unspecified atom stereocenters. The number of ether oxygens (including phenoxy) is 1. The Balaban J connectivity index is 2.27. The SMILES string of the molecule is COc1ccccc1[C@@H](C)N(C)C(=O)c1ccoc1C. The van der Waals surface area contributed by atoms with Gasteiger partial charge in [0.1, 0.15) is 11.5 Å². The molecule has 0 aliphatic carbocycles. The van der Waals surface area contributed by atoms with E-state index in [2.05, 4.69) is 0 Å². The van der Waals surface area contributed by atoms with Crippen LogP contribution in [0.3, 0.4) is 0 Å². The predicted octanol–water partition coefficient (Wildman–Crippen LogP) is 3.43. The van der Waals surface area contributed by atoms with E-state index < -0.39 is 0 Å². The highest BCUT2D eigenvalue weighted by Crippen LogP contribution is 2.29. The highest BCUT2D eigenvalue weighted by molar-refractivity contribution is 5.95. The third kappa shape index (κ3) is 2.54. The van der Waals surface area contributed by atoms with Gasteiger partial charge < -0.3 is 14.1 Å². The van der Waals surface area contributed by atoms with Crippen molar-refractivity contribution in [1.82, 2.24) is 4.90 Å². The van der Waals surface area contributed by atoms with Crippen molar-refractivity contribution in [3.63, 3.8) is 0 Å². The first kappa shape index (κ1) is 14.2. The number of benzene rings is 1. The monoisotopic (exact) mass is 273 g/mol. The summed E-state index contributed by atoms with van der Waals surface area (Å²) in [5.41, 5.74) is 1.57. The maximum Gasteiger partial charge on any atom is 0.257 e. The summed E-state index contributed by atoms with van der Waals surface area (Å²) in [6.07, 6.45) is 1.53. The molecule has 1 heterocycles. The smallest absolute Gasteiger partial charge is 0.257 e. The van der Waals surface area contributed by atoms with E-state index in [1.54, 1.807) is 32.0 Å². The largest absolute Gasteiger partial charge is 0.496 e. The summed E-state index contributed by atoms with van der Waals surface area (Å²) in [5, 5.41) is 0. The Hall–Kier alpha value is -2.23. The standard InChI is InChI=1S/C16H19NO3/c1-11(13-7-5-6-8-15(13)19-4)17(3)16(18)14-9-10-20-12(14)2/h5-11H,1-4H3/t11-/m1/s1. The van der Waals surface area contributed by atoms with E-state index in [-0.39, 0.29) is 11.9 Å². The van der Waals surface area contributed by atoms with Crippen molar-refractivity contribution >= 4 is 5.91 Å². The van der Waals surface area contributed by atoms with Gasteiger partial charge in [-0.2, -0.15) is 0 Å². The Labute approximate surface area is 119 Å². The Morgan fingerprint density at radius 2 is 2.00 bits per heavy atom. The first-order valence-electron chi connectivity index (χ1n) is 6.50. The Bertz CT molecular complexity index is 603. The number of hydrogen-bond acceptors (Lipinski definition) is 3. The molecule has 1 aromatic carbocycles. The van der Waals surface area contributed by atoms with E-state index >= 15 is 0 Å². The van der Waals surface area contributed by atoms with Gasteiger partial charge in [-0.25, -0.2) is 0 Å². The van der Waals surface area contributed by atoms with Crippen molar-refractivity contribution in [3.05, 3.63) is 53.5 Å².